The van der Waals surface area contributed by atoms with Crippen LogP contribution >= 0.6 is 0 Å². The van der Waals surface area contributed by atoms with Gasteiger partial charge in [-0.3, -0.25) is 9.59 Å². The standard InChI is InChI=1S/C22H32O4/c1-12-9-15-16-6-8-22(26,13(2)23)21(16,4)11-18(25)19(15)20(3)7-5-14(24)10-17(12)20/h10,12,15-16,18-19,25-26H,5-9,11H2,1-4H3/t12?,15-,16-,18?,19+,20-,21-,22-/m0/s1. The van der Waals surface area contributed by atoms with E-state index in [0.717, 1.165) is 19.3 Å². The molecule has 8 atom stereocenters. The number of aliphatic hydroxyl groups excluding tert-OH is 1. The van der Waals surface area contributed by atoms with Gasteiger partial charge in [-0.15, -0.1) is 0 Å². The Balaban J connectivity index is 1.79. The summed E-state index contributed by atoms with van der Waals surface area (Å²) in [5, 5.41) is 22.5. The molecule has 3 fully saturated rings. The summed E-state index contributed by atoms with van der Waals surface area (Å²) in [6, 6.07) is 0. The predicted molar refractivity (Wildman–Crippen MR) is 98.3 cm³/mol. The second kappa shape index (κ2) is 5.51. The Bertz CT molecular complexity index is 696. The van der Waals surface area contributed by atoms with Gasteiger partial charge < -0.3 is 10.2 Å². The SMILES string of the molecule is CC(=O)[C@@]1(O)CC[C@H]2[C@@H]3CC(C)C4=CC(=O)CC[C@]4(C)[C@H]3C(O)C[C@@]21C. The van der Waals surface area contributed by atoms with Gasteiger partial charge in [-0.25, -0.2) is 0 Å². The zero-order chi connectivity index (χ0) is 19.1. The maximum Gasteiger partial charge on any atom is 0.161 e. The van der Waals surface area contributed by atoms with Crippen molar-refractivity contribution in [2.75, 3.05) is 0 Å². The van der Waals surface area contributed by atoms with E-state index in [9.17, 15) is 19.8 Å². The molecule has 0 radical (unpaired) electrons. The lowest BCUT2D eigenvalue weighted by Crippen LogP contribution is -2.62. The van der Waals surface area contributed by atoms with Crippen molar-refractivity contribution in [3.05, 3.63) is 11.6 Å². The molecule has 0 spiro atoms. The molecule has 0 heterocycles. The smallest absolute Gasteiger partial charge is 0.161 e. The molecule has 0 bridgehead atoms. The number of carbonyl (C=O) groups is 2. The van der Waals surface area contributed by atoms with E-state index in [1.165, 1.54) is 12.5 Å². The van der Waals surface area contributed by atoms with E-state index in [-0.39, 0.29) is 28.8 Å². The molecule has 0 aromatic rings. The first-order valence-electron chi connectivity index (χ1n) is 10.2. The quantitative estimate of drug-likeness (QED) is 0.754. The van der Waals surface area contributed by atoms with E-state index < -0.39 is 17.1 Å². The molecule has 3 saturated carbocycles. The van der Waals surface area contributed by atoms with Crippen LogP contribution in [0.1, 0.15) is 66.2 Å². The molecule has 0 aromatic heterocycles. The number of aliphatic hydroxyl groups is 2. The van der Waals surface area contributed by atoms with Crippen LogP contribution in [0, 0.1) is 34.5 Å². The third-order valence-electron chi connectivity index (χ3n) is 8.95. The Morgan fingerprint density at radius 1 is 1.27 bits per heavy atom. The number of allylic oxidation sites excluding steroid dienone is 1. The molecule has 4 aliphatic rings. The number of carbonyl (C=O) groups excluding carboxylic acids is 2. The third-order valence-corrected chi connectivity index (χ3v) is 8.95. The lowest BCUT2D eigenvalue weighted by Gasteiger charge is -2.61. The van der Waals surface area contributed by atoms with E-state index in [1.54, 1.807) is 0 Å². The van der Waals surface area contributed by atoms with Crippen LogP contribution in [0.5, 0.6) is 0 Å². The molecule has 4 heteroatoms. The fourth-order valence-corrected chi connectivity index (χ4v) is 7.70. The second-order valence-corrected chi connectivity index (χ2v) is 10.1. The van der Waals surface area contributed by atoms with Gasteiger partial charge in [-0.1, -0.05) is 26.3 Å². The summed E-state index contributed by atoms with van der Waals surface area (Å²) in [4.78, 5) is 24.3. The molecule has 4 rings (SSSR count). The number of ketones is 2. The molecular formula is C22H32O4. The highest BCUT2D eigenvalue weighted by atomic mass is 16.3. The van der Waals surface area contributed by atoms with Crippen molar-refractivity contribution in [1.29, 1.82) is 0 Å². The van der Waals surface area contributed by atoms with E-state index >= 15 is 0 Å². The molecule has 2 N–H and O–H groups in total. The molecule has 0 amide bonds. The van der Waals surface area contributed by atoms with Gasteiger partial charge in [0.05, 0.1) is 6.10 Å². The first kappa shape index (κ1) is 18.4. The van der Waals surface area contributed by atoms with Crippen molar-refractivity contribution in [3.8, 4) is 0 Å². The fourth-order valence-electron chi connectivity index (χ4n) is 7.70. The Kier molecular flexibility index (Phi) is 3.89. The zero-order valence-corrected chi connectivity index (χ0v) is 16.4. The van der Waals surface area contributed by atoms with E-state index in [2.05, 4.69) is 13.8 Å². The number of hydrogen-bond acceptors (Lipinski definition) is 4. The largest absolute Gasteiger partial charge is 0.393 e. The third kappa shape index (κ3) is 2.09. The van der Waals surface area contributed by atoms with Gasteiger partial charge >= 0.3 is 0 Å². The van der Waals surface area contributed by atoms with E-state index in [1.807, 2.05) is 13.0 Å². The summed E-state index contributed by atoms with van der Waals surface area (Å²) in [6.07, 6.45) is 5.44. The van der Waals surface area contributed by atoms with Gasteiger partial charge in [0, 0.05) is 11.8 Å². The molecule has 0 saturated heterocycles. The topological polar surface area (TPSA) is 74.6 Å². The van der Waals surface area contributed by atoms with E-state index in [4.69, 9.17) is 0 Å². The Hall–Kier alpha value is -1.00. The van der Waals surface area contributed by atoms with Crippen LogP contribution in [0.15, 0.2) is 11.6 Å². The minimum Gasteiger partial charge on any atom is -0.393 e. The van der Waals surface area contributed by atoms with Gasteiger partial charge in [0.1, 0.15) is 5.60 Å². The van der Waals surface area contributed by atoms with Gasteiger partial charge in [-0.05, 0) is 74.2 Å². The van der Waals surface area contributed by atoms with Crippen molar-refractivity contribution in [2.45, 2.75) is 77.9 Å². The van der Waals surface area contributed by atoms with Crippen LogP contribution in [0.25, 0.3) is 0 Å². The van der Waals surface area contributed by atoms with Crippen LogP contribution < -0.4 is 0 Å². The van der Waals surface area contributed by atoms with Crippen molar-refractivity contribution in [2.24, 2.45) is 34.5 Å². The lowest BCUT2D eigenvalue weighted by atomic mass is 9.44. The molecule has 144 valence electrons. The van der Waals surface area contributed by atoms with Gasteiger partial charge in [0.25, 0.3) is 0 Å². The van der Waals surface area contributed by atoms with Crippen LogP contribution in [-0.2, 0) is 9.59 Å². The van der Waals surface area contributed by atoms with Crippen molar-refractivity contribution < 1.29 is 19.8 Å². The molecule has 26 heavy (non-hydrogen) atoms. The Morgan fingerprint density at radius 3 is 2.62 bits per heavy atom. The number of fused-ring (bicyclic) bond motifs is 5. The number of Topliss-reactive ketones (excluding diaryl/α,β-unsaturated/α-hetero) is 1. The highest BCUT2D eigenvalue weighted by Crippen LogP contribution is 2.68. The van der Waals surface area contributed by atoms with E-state index in [0.29, 0.717) is 31.1 Å². The fraction of sp³-hybridized carbons (Fsp3) is 0.818. The van der Waals surface area contributed by atoms with Gasteiger partial charge in [0.2, 0.25) is 0 Å². The summed E-state index contributed by atoms with van der Waals surface area (Å²) in [5.74, 6) is 1.03. The van der Waals surface area contributed by atoms with Crippen LogP contribution in [0.4, 0.5) is 0 Å². The highest BCUT2D eigenvalue weighted by Gasteiger charge is 2.68. The van der Waals surface area contributed by atoms with Crippen molar-refractivity contribution >= 4 is 11.6 Å². The molecule has 4 nitrogen and oxygen atoms in total. The van der Waals surface area contributed by atoms with Crippen LogP contribution in [-0.4, -0.2) is 33.5 Å². The Morgan fingerprint density at radius 2 is 1.96 bits per heavy atom. The van der Waals surface area contributed by atoms with Gasteiger partial charge in [0.15, 0.2) is 11.6 Å². The molecule has 0 aromatic carbocycles. The molecule has 2 unspecified atom stereocenters. The summed E-state index contributed by atoms with van der Waals surface area (Å²) >= 11 is 0. The Labute approximate surface area is 156 Å². The maximum atomic E-state index is 12.3. The normalized spacial score (nSPS) is 53.4. The minimum atomic E-state index is -1.31. The summed E-state index contributed by atoms with van der Waals surface area (Å²) in [5.41, 5.74) is -0.792. The molecule has 0 aliphatic heterocycles. The predicted octanol–water partition coefficient (Wildman–Crippen LogP) is 3.06. The maximum absolute atomic E-state index is 12.3. The monoisotopic (exact) mass is 360 g/mol. The summed E-state index contributed by atoms with van der Waals surface area (Å²) < 4.78 is 0. The average Bonchev–Trinajstić information content (AvgIpc) is 2.81. The first-order chi connectivity index (χ1) is 12.0. The van der Waals surface area contributed by atoms with Crippen molar-refractivity contribution in [3.63, 3.8) is 0 Å². The summed E-state index contributed by atoms with van der Waals surface area (Å²) in [6.45, 7) is 7.94. The zero-order valence-electron chi connectivity index (χ0n) is 16.4. The minimum absolute atomic E-state index is 0.116. The van der Waals surface area contributed by atoms with Crippen LogP contribution in [0.2, 0.25) is 0 Å². The highest BCUT2D eigenvalue weighted by molar-refractivity contribution is 5.91. The number of hydrogen-bond donors (Lipinski definition) is 2. The summed E-state index contributed by atoms with van der Waals surface area (Å²) in [7, 11) is 0. The lowest BCUT2D eigenvalue weighted by molar-refractivity contribution is -0.181. The van der Waals surface area contributed by atoms with Crippen molar-refractivity contribution in [1.82, 2.24) is 0 Å². The first-order valence-corrected chi connectivity index (χ1v) is 10.2. The molecular weight excluding hydrogens is 328 g/mol. The number of rotatable bonds is 1. The molecule has 4 aliphatic carbocycles. The van der Waals surface area contributed by atoms with Gasteiger partial charge in [-0.2, -0.15) is 0 Å². The van der Waals surface area contributed by atoms with Crippen LogP contribution in [0.3, 0.4) is 0 Å². The average molecular weight is 360 g/mol. The second-order valence-electron chi connectivity index (χ2n) is 10.1.